The van der Waals surface area contributed by atoms with Gasteiger partial charge in [0, 0.05) is 12.1 Å². The van der Waals surface area contributed by atoms with E-state index < -0.39 is 0 Å². The molecule has 0 unspecified atom stereocenters. The summed E-state index contributed by atoms with van der Waals surface area (Å²) in [7, 11) is 0. The molecule has 1 N–H and O–H groups in total. The largest absolute Gasteiger partial charge is 0.491 e. The van der Waals surface area contributed by atoms with Gasteiger partial charge in [-0.25, -0.2) is 0 Å². The van der Waals surface area contributed by atoms with Crippen LogP contribution in [-0.4, -0.2) is 25.5 Å². The lowest BCUT2D eigenvalue weighted by atomic mass is 10.1. The summed E-state index contributed by atoms with van der Waals surface area (Å²) in [5.74, 6) is 0.754. The summed E-state index contributed by atoms with van der Waals surface area (Å²) in [6.45, 7) is 4.48. The van der Waals surface area contributed by atoms with E-state index in [1.807, 2.05) is 42.5 Å². The summed E-state index contributed by atoms with van der Waals surface area (Å²) in [6.07, 6.45) is 1.11. The maximum absolute atomic E-state index is 12.5. The number of ketones is 1. The van der Waals surface area contributed by atoms with Crippen molar-refractivity contribution in [2.24, 2.45) is 0 Å². The van der Waals surface area contributed by atoms with E-state index in [0.29, 0.717) is 17.9 Å². The predicted molar refractivity (Wildman–Crippen MR) is 84.0 cm³/mol. The van der Waals surface area contributed by atoms with Crippen molar-refractivity contribution in [3.05, 3.63) is 53.6 Å². The highest BCUT2D eigenvalue weighted by Crippen LogP contribution is 2.40. The first-order chi connectivity index (χ1) is 10.3. The number of benzene rings is 2. The van der Waals surface area contributed by atoms with Gasteiger partial charge in [-0.2, -0.15) is 0 Å². The van der Waals surface area contributed by atoms with Gasteiger partial charge >= 0.3 is 0 Å². The molecule has 3 rings (SSSR count). The predicted octanol–water partition coefficient (Wildman–Crippen LogP) is 3.28. The van der Waals surface area contributed by atoms with Crippen LogP contribution in [0, 0.1) is 0 Å². The van der Waals surface area contributed by atoms with E-state index in [1.165, 1.54) is 0 Å². The molecule has 0 saturated carbocycles. The first-order valence-electron chi connectivity index (χ1n) is 7.43. The summed E-state index contributed by atoms with van der Waals surface area (Å²) < 4.78 is 5.81. The number of carbonyl (C=O) groups is 1. The first kappa shape index (κ1) is 13.8. The normalized spacial score (nSPS) is 12.1. The zero-order chi connectivity index (χ0) is 14.7. The van der Waals surface area contributed by atoms with E-state index in [1.54, 1.807) is 0 Å². The molecule has 21 heavy (non-hydrogen) atoms. The number of fused-ring (bicyclic) bond motifs is 3. The van der Waals surface area contributed by atoms with Gasteiger partial charge in [0.1, 0.15) is 12.4 Å². The summed E-state index contributed by atoms with van der Waals surface area (Å²) in [5, 5.41) is 3.29. The van der Waals surface area contributed by atoms with E-state index >= 15 is 0 Å². The van der Waals surface area contributed by atoms with Gasteiger partial charge in [0.05, 0.1) is 5.56 Å². The first-order valence-corrected chi connectivity index (χ1v) is 7.43. The average molecular weight is 281 g/mol. The molecule has 3 heteroatoms. The molecule has 0 atom stereocenters. The van der Waals surface area contributed by atoms with Crippen LogP contribution in [0.2, 0.25) is 0 Å². The van der Waals surface area contributed by atoms with Crippen LogP contribution in [0.15, 0.2) is 42.5 Å². The maximum atomic E-state index is 12.5. The summed E-state index contributed by atoms with van der Waals surface area (Å²) in [4.78, 5) is 12.5. The van der Waals surface area contributed by atoms with Crippen LogP contribution in [0.5, 0.6) is 5.75 Å². The fraction of sp³-hybridized carbons (Fsp3) is 0.278. The monoisotopic (exact) mass is 281 g/mol. The molecule has 0 heterocycles. The van der Waals surface area contributed by atoms with E-state index in [-0.39, 0.29) is 5.78 Å². The highest BCUT2D eigenvalue weighted by molar-refractivity contribution is 6.23. The Kier molecular flexibility index (Phi) is 4.02. The van der Waals surface area contributed by atoms with Crippen molar-refractivity contribution in [3.63, 3.8) is 0 Å². The number of nitrogens with one attached hydrogen (secondary N) is 1. The van der Waals surface area contributed by atoms with Gasteiger partial charge in [0.15, 0.2) is 5.78 Å². The molecule has 1 aliphatic carbocycles. The Morgan fingerprint density at radius 1 is 0.952 bits per heavy atom. The van der Waals surface area contributed by atoms with Crippen LogP contribution >= 0.6 is 0 Å². The van der Waals surface area contributed by atoms with Gasteiger partial charge in [-0.15, -0.1) is 0 Å². The second-order valence-corrected chi connectivity index (χ2v) is 5.15. The summed E-state index contributed by atoms with van der Waals surface area (Å²) >= 11 is 0. The zero-order valence-electron chi connectivity index (χ0n) is 12.2. The molecule has 2 aromatic carbocycles. The summed E-state index contributed by atoms with van der Waals surface area (Å²) in [6, 6.07) is 13.5. The lowest BCUT2D eigenvalue weighted by Gasteiger charge is -2.10. The van der Waals surface area contributed by atoms with Crippen molar-refractivity contribution < 1.29 is 9.53 Å². The van der Waals surface area contributed by atoms with Crippen molar-refractivity contribution in [1.82, 2.24) is 5.32 Å². The smallest absolute Gasteiger partial charge is 0.198 e. The molecule has 0 aromatic heterocycles. The molecule has 3 nitrogen and oxygen atoms in total. The average Bonchev–Trinajstić information content (AvgIpc) is 2.82. The number of ether oxygens (including phenoxy) is 1. The van der Waals surface area contributed by atoms with Gasteiger partial charge in [0.25, 0.3) is 0 Å². The van der Waals surface area contributed by atoms with Gasteiger partial charge in [-0.3, -0.25) is 4.79 Å². The Bertz CT molecular complexity index is 664. The quantitative estimate of drug-likeness (QED) is 0.705. The Labute approximate surface area is 124 Å². The molecule has 0 amide bonds. The van der Waals surface area contributed by atoms with Gasteiger partial charge in [0.2, 0.25) is 0 Å². The van der Waals surface area contributed by atoms with Gasteiger partial charge in [-0.05, 0) is 30.2 Å². The van der Waals surface area contributed by atoms with Crippen LogP contribution in [-0.2, 0) is 0 Å². The molecular formula is C18H19NO2. The molecular weight excluding hydrogens is 262 g/mol. The third kappa shape index (κ3) is 2.57. The summed E-state index contributed by atoms with van der Waals surface area (Å²) in [5.41, 5.74) is 3.46. The number of hydrogen-bond donors (Lipinski definition) is 1. The van der Waals surface area contributed by atoms with Crippen molar-refractivity contribution in [1.29, 1.82) is 0 Å². The number of hydrogen-bond acceptors (Lipinski definition) is 3. The minimum atomic E-state index is 0.0673. The van der Waals surface area contributed by atoms with Crippen LogP contribution in [0.3, 0.4) is 0 Å². The second kappa shape index (κ2) is 6.10. The molecule has 2 aromatic rings. The third-order valence-electron chi connectivity index (χ3n) is 3.68. The minimum Gasteiger partial charge on any atom is -0.491 e. The Hall–Kier alpha value is -2.13. The molecule has 108 valence electrons. The van der Waals surface area contributed by atoms with E-state index in [0.717, 1.165) is 36.2 Å². The Balaban J connectivity index is 1.82. The molecule has 0 radical (unpaired) electrons. The number of rotatable bonds is 6. The highest BCUT2D eigenvalue weighted by atomic mass is 16.5. The van der Waals surface area contributed by atoms with Crippen molar-refractivity contribution >= 4 is 5.78 Å². The molecule has 0 aliphatic heterocycles. The topological polar surface area (TPSA) is 38.3 Å². The van der Waals surface area contributed by atoms with E-state index in [4.69, 9.17) is 4.74 Å². The van der Waals surface area contributed by atoms with Gasteiger partial charge < -0.3 is 10.1 Å². The maximum Gasteiger partial charge on any atom is 0.198 e. The lowest BCUT2D eigenvalue weighted by molar-refractivity contribution is 0.104. The second-order valence-electron chi connectivity index (χ2n) is 5.15. The Morgan fingerprint density at radius 3 is 2.52 bits per heavy atom. The fourth-order valence-electron chi connectivity index (χ4n) is 2.70. The van der Waals surface area contributed by atoms with Crippen molar-refractivity contribution in [2.75, 3.05) is 19.7 Å². The van der Waals surface area contributed by atoms with Crippen LogP contribution in [0.25, 0.3) is 11.1 Å². The van der Waals surface area contributed by atoms with Gasteiger partial charge in [-0.1, -0.05) is 43.3 Å². The van der Waals surface area contributed by atoms with Crippen LogP contribution < -0.4 is 10.1 Å². The standard InChI is InChI=1S/C18H19NO2/c1-2-10-19-11-12-21-16-9-5-8-14-13-6-3-4-7-15(13)18(20)17(14)16/h3-9,19H,2,10-12H2,1H3. The zero-order valence-corrected chi connectivity index (χ0v) is 12.2. The van der Waals surface area contributed by atoms with E-state index in [9.17, 15) is 4.79 Å². The fourth-order valence-corrected chi connectivity index (χ4v) is 2.70. The van der Waals surface area contributed by atoms with Crippen molar-refractivity contribution in [3.8, 4) is 16.9 Å². The molecule has 0 fully saturated rings. The Morgan fingerprint density at radius 2 is 1.71 bits per heavy atom. The van der Waals surface area contributed by atoms with Crippen LogP contribution in [0.4, 0.5) is 0 Å². The third-order valence-corrected chi connectivity index (χ3v) is 3.68. The lowest BCUT2D eigenvalue weighted by Crippen LogP contribution is -2.22. The van der Waals surface area contributed by atoms with E-state index in [2.05, 4.69) is 12.2 Å². The molecule has 0 spiro atoms. The van der Waals surface area contributed by atoms with Crippen LogP contribution in [0.1, 0.15) is 29.3 Å². The molecule has 0 bridgehead atoms. The molecule has 0 saturated heterocycles. The minimum absolute atomic E-state index is 0.0673. The number of carbonyl (C=O) groups excluding carboxylic acids is 1. The highest BCUT2D eigenvalue weighted by Gasteiger charge is 2.29. The SMILES string of the molecule is CCCNCCOc1cccc2c1C(=O)c1ccccc1-2. The molecule has 1 aliphatic rings. The van der Waals surface area contributed by atoms with Crippen molar-refractivity contribution in [2.45, 2.75) is 13.3 Å².